The second-order valence-corrected chi connectivity index (χ2v) is 7.87. The SMILES string of the molecule is CC(c1c(Br)ccc2c1Cc1cc(Br)ccc1-2)C1C=CC=C1. The predicted octanol–water partition coefficient (Wildman–Crippen LogP) is 6.63. The van der Waals surface area contributed by atoms with Crippen LogP contribution in [-0.4, -0.2) is 0 Å². The number of rotatable bonds is 2. The first-order valence-electron chi connectivity index (χ1n) is 7.60. The van der Waals surface area contributed by atoms with Crippen LogP contribution in [0.4, 0.5) is 0 Å². The highest BCUT2D eigenvalue weighted by Gasteiger charge is 2.27. The number of halogens is 2. The fourth-order valence-electron chi connectivity index (χ4n) is 3.71. The Bertz CT molecular complexity index is 803. The maximum absolute atomic E-state index is 3.80. The molecular weight excluding hydrogens is 400 g/mol. The summed E-state index contributed by atoms with van der Waals surface area (Å²) in [4.78, 5) is 0. The molecule has 2 aliphatic carbocycles. The summed E-state index contributed by atoms with van der Waals surface area (Å²) < 4.78 is 2.40. The van der Waals surface area contributed by atoms with Crippen LogP contribution >= 0.6 is 31.9 Å². The van der Waals surface area contributed by atoms with Crippen molar-refractivity contribution in [1.82, 2.24) is 0 Å². The molecule has 1 unspecified atom stereocenters. The maximum atomic E-state index is 3.80. The fourth-order valence-corrected chi connectivity index (χ4v) is 4.85. The van der Waals surface area contributed by atoms with Crippen LogP contribution in [0.2, 0.25) is 0 Å². The van der Waals surface area contributed by atoms with E-state index in [0.717, 1.165) is 10.9 Å². The standard InChI is InChI=1S/C20H16Br2/c1-12(13-4-2-3-5-13)20-18-11-14-10-15(21)6-7-16(14)17(18)8-9-19(20)22/h2-10,12-13H,11H2,1H3. The van der Waals surface area contributed by atoms with Gasteiger partial charge >= 0.3 is 0 Å². The van der Waals surface area contributed by atoms with Crippen molar-refractivity contribution in [2.75, 3.05) is 0 Å². The van der Waals surface area contributed by atoms with Crippen molar-refractivity contribution in [2.24, 2.45) is 5.92 Å². The van der Waals surface area contributed by atoms with Gasteiger partial charge in [0.1, 0.15) is 0 Å². The Morgan fingerprint density at radius 3 is 2.50 bits per heavy atom. The Kier molecular flexibility index (Phi) is 3.62. The van der Waals surface area contributed by atoms with Gasteiger partial charge in [0, 0.05) is 14.9 Å². The number of fused-ring (bicyclic) bond motifs is 3. The molecule has 4 rings (SSSR count). The van der Waals surface area contributed by atoms with Gasteiger partial charge in [-0.1, -0.05) is 75.2 Å². The zero-order valence-corrected chi connectivity index (χ0v) is 15.5. The van der Waals surface area contributed by atoms with Gasteiger partial charge in [0.25, 0.3) is 0 Å². The average Bonchev–Trinajstić information content (AvgIpc) is 3.13. The predicted molar refractivity (Wildman–Crippen MR) is 100 cm³/mol. The zero-order chi connectivity index (χ0) is 15.3. The third kappa shape index (κ3) is 2.24. The molecule has 0 amide bonds. The fraction of sp³-hybridized carbons (Fsp3) is 0.200. The molecule has 0 heterocycles. The first kappa shape index (κ1) is 14.5. The van der Waals surface area contributed by atoms with Crippen molar-refractivity contribution in [1.29, 1.82) is 0 Å². The summed E-state index contributed by atoms with van der Waals surface area (Å²) in [5.74, 6) is 0.982. The normalized spacial score (nSPS) is 16.9. The van der Waals surface area contributed by atoms with Crippen molar-refractivity contribution in [3.8, 4) is 11.1 Å². The van der Waals surface area contributed by atoms with Crippen LogP contribution in [0, 0.1) is 5.92 Å². The Morgan fingerprint density at radius 2 is 1.73 bits per heavy atom. The van der Waals surface area contributed by atoms with Gasteiger partial charge in [-0.2, -0.15) is 0 Å². The molecule has 1 atom stereocenters. The highest BCUT2D eigenvalue weighted by molar-refractivity contribution is 9.10. The van der Waals surface area contributed by atoms with Gasteiger partial charge in [-0.05, 0) is 58.4 Å². The van der Waals surface area contributed by atoms with Gasteiger partial charge in [-0.15, -0.1) is 0 Å². The third-order valence-electron chi connectivity index (χ3n) is 4.84. The minimum Gasteiger partial charge on any atom is -0.0770 e. The quantitative estimate of drug-likeness (QED) is 0.440. The number of hydrogen-bond acceptors (Lipinski definition) is 0. The molecule has 2 aromatic carbocycles. The van der Waals surface area contributed by atoms with E-state index in [0.29, 0.717) is 11.8 Å². The van der Waals surface area contributed by atoms with Gasteiger partial charge in [0.05, 0.1) is 0 Å². The summed E-state index contributed by atoms with van der Waals surface area (Å²) in [5, 5.41) is 0. The van der Waals surface area contributed by atoms with Crippen LogP contribution in [-0.2, 0) is 6.42 Å². The summed E-state index contributed by atoms with van der Waals surface area (Å²) in [7, 11) is 0. The molecule has 0 aromatic heterocycles. The van der Waals surface area contributed by atoms with Crippen molar-refractivity contribution >= 4 is 31.9 Å². The first-order valence-corrected chi connectivity index (χ1v) is 9.19. The van der Waals surface area contributed by atoms with E-state index in [1.807, 2.05) is 0 Å². The van der Waals surface area contributed by atoms with Gasteiger partial charge < -0.3 is 0 Å². The summed E-state index contributed by atoms with van der Waals surface area (Å²) >= 11 is 7.40. The smallest absolute Gasteiger partial charge is 0.0213 e. The average molecular weight is 416 g/mol. The minimum absolute atomic E-state index is 0.483. The van der Waals surface area contributed by atoms with Crippen molar-refractivity contribution < 1.29 is 0 Å². The summed E-state index contributed by atoms with van der Waals surface area (Å²) in [6, 6.07) is 11.1. The second-order valence-electron chi connectivity index (χ2n) is 6.10. The van der Waals surface area contributed by atoms with Crippen LogP contribution in [0.25, 0.3) is 11.1 Å². The maximum Gasteiger partial charge on any atom is 0.0213 e. The van der Waals surface area contributed by atoms with Crippen LogP contribution in [0.15, 0.2) is 63.6 Å². The number of allylic oxidation sites excluding steroid dienone is 4. The van der Waals surface area contributed by atoms with E-state index in [1.54, 1.807) is 0 Å². The monoisotopic (exact) mass is 414 g/mol. The molecule has 22 heavy (non-hydrogen) atoms. The van der Waals surface area contributed by atoms with Crippen LogP contribution in [0.5, 0.6) is 0 Å². The molecular formula is C20H16Br2. The Labute approximate surface area is 148 Å². The topological polar surface area (TPSA) is 0 Å². The number of hydrogen-bond donors (Lipinski definition) is 0. The van der Waals surface area contributed by atoms with Crippen LogP contribution in [0.1, 0.15) is 29.5 Å². The first-order chi connectivity index (χ1) is 10.6. The number of benzene rings is 2. The van der Waals surface area contributed by atoms with E-state index < -0.39 is 0 Å². The van der Waals surface area contributed by atoms with E-state index >= 15 is 0 Å². The second kappa shape index (κ2) is 5.50. The molecule has 0 spiro atoms. The Balaban J connectivity index is 1.85. The molecule has 0 radical (unpaired) electrons. The third-order valence-corrected chi connectivity index (χ3v) is 6.02. The molecule has 2 heteroatoms. The lowest BCUT2D eigenvalue weighted by Crippen LogP contribution is -2.07. The molecule has 0 N–H and O–H groups in total. The highest BCUT2D eigenvalue weighted by Crippen LogP contribution is 2.45. The van der Waals surface area contributed by atoms with Crippen LogP contribution < -0.4 is 0 Å². The Morgan fingerprint density at radius 1 is 1.00 bits per heavy atom. The largest absolute Gasteiger partial charge is 0.0770 e. The van der Waals surface area contributed by atoms with Crippen molar-refractivity contribution in [2.45, 2.75) is 19.3 Å². The molecule has 2 aliphatic rings. The lowest BCUT2D eigenvalue weighted by Gasteiger charge is -2.22. The molecule has 110 valence electrons. The molecule has 0 nitrogen and oxygen atoms in total. The summed E-state index contributed by atoms with van der Waals surface area (Å²) in [6.07, 6.45) is 9.95. The van der Waals surface area contributed by atoms with E-state index in [9.17, 15) is 0 Å². The van der Waals surface area contributed by atoms with Crippen molar-refractivity contribution in [3.63, 3.8) is 0 Å². The summed E-state index contributed by atoms with van der Waals surface area (Å²) in [5.41, 5.74) is 7.17. The molecule has 0 saturated heterocycles. The van der Waals surface area contributed by atoms with E-state index in [2.05, 4.69) is 93.4 Å². The highest BCUT2D eigenvalue weighted by atomic mass is 79.9. The van der Waals surface area contributed by atoms with Gasteiger partial charge in [0.15, 0.2) is 0 Å². The molecule has 0 fully saturated rings. The van der Waals surface area contributed by atoms with Crippen molar-refractivity contribution in [3.05, 3.63) is 80.3 Å². The Hall–Kier alpha value is -1.12. The van der Waals surface area contributed by atoms with E-state index in [1.165, 1.54) is 32.3 Å². The lowest BCUT2D eigenvalue weighted by atomic mass is 9.84. The van der Waals surface area contributed by atoms with Gasteiger partial charge in [-0.3, -0.25) is 0 Å². The molecule has 2 aromatic rings. The van der Waals surface area contributed by atoms with E-state index in [4.69, 9.17) is 0 Å². The van der Waals surface area contributed by atoms with Crippen LogP contribution in [0.3, 0.4) is 0 Å². The molecule has 0 aliphatic heterocycles. The lowest BCUT2D eigenvalue weighted by molar-refractivity contribution is 0.646. The molecule has 0 bridgehead atoms. The minimum atomic E-state index is 0.483. The summed E-state index contributed by atoms with van der Waals surface area (Å²) in [6.45, 7) is 2.34. The van der Waals surface area contributed by atoms with E-state index in [-0.39, 0.29) is 0 Å². The van der Waals surface area contributed by atoms with Gasteiger partial charge in [-0.25, -0.2) is 0 Å². The molecule has 0 saturated carbocycles. The van der Waals surface area contributed by atoms with Gasteiger partial charge in [0.2, 0.25) is 0 Å². The zero-order valence-electron chi connectivity index (χ0n) is 12.3.